The predicted octanol–water partition coefficient (Wildman–Crippen LogP) is 3.19. The van der Waals surface area contributed by atoms with Crippen LogP contribution in [0.1, 0.15) is 72.1 Å². The van der Waals surface area contributed by atoms with E-state index in [2.05, 4.69) is 12.2 Å². The monoisotopic (exact) mass is 271 g/mol. The molecule has 0 unspecified atom stereocenters. The van der Waals surface area contributed by atoms with Crippen LogP contribution in [-0.4, -0.2) is 24.5 Å². The maximum atomic E-state index is 11.6. The van der Waals surface area contributed by atoms with Crippen molar-refractivity contribution in [3.05, 3.63) is 0 Å². The molecule has 0 aromatic rings. The Kier molecular flexibility index (Phi) is 11.3. The first-order chi connectivity index (χ1) is 9.11. The van der Waals surface area contributed by atoms with Crippen LogP contribution in [0.2, 0.25) is 0 Å². The van der Waals surface area contributed by atoms with Crippen molar-refractivity contribution in [2.24, 2.45) is 0 Å². The Morgan fingerprint density at radius 2 is 1.63 bits per heavy atom. The topological polar surface area (TPSA) is 55.4 Å². The molecule has 0 fully saturated rings. The Hall–Kier alpha value is -1.06. The Balaban J connectivity index is 3.64. The van der Waals surface area contributed by atoms with E-state index in [9.17, 15) is 9.59 Å². The molecule has 1 amide bonds. The number of rotatable bonds is 11. The summed E-state index contributed by atoms with van der Waals surface area (Å²) in [6.45, 7) is 6.31. The lowest BCUT2D eigenvalue weighted by atomic mass is 10.1. The molecule has 0 aliphatic heterocycles. The highest BCUT2D eigenvalue weighted by Crippen LogP contribution is 2.05. The molecule has 1 atom stereocenters. The number of carbonyl (C=O) groups excluding carboxylic acids is 2. The number of hydrogen-bond donors (Lipinski definition) is 1. The predicted molar refractivity (Wildman–Crippen MR) is 76.8 cm³/mol. The van der Waals surface area contributed by atoms with Crippen molar-refractivity contribution in [1.82, 2.24) is 5.32 Å². The van der Waals surface area contributed by atoms with E-state index in [4.69, 9.17) is 4.74 Å². The number of hydrogen-bond acceptors (Lipinski definition) is 3. The lowest BCUT2D eigenvalue weighted by Gasteiger charge is -2.13. The number of ether oxygens (including phenoxy) is 1. The third kappa shape index (κ3) is 10.5. The number of unbranched alkanes of at least 4 members (excludes halogenated alkanes) is 5. The van der Waals surface area contributed by atoms with Gasteiger partial charge in [0.05, 0.1) is 6.61 Å². The van der Waals surface area contributed by atoms with Gasteiger partial charge in [0.2, 0.25) is 5.91 Å². The lowest BCUT2D eigenvalue weighted by Crippen LogP contribution is -2.39. The van der Waals surface area contributed by atoms with Crippen LogP contribution >= 0.6 is 0 Å². The maximum Gasteiger partial charge on any atom is 0.328 e. The Morgan fingerprint density at radius 1 is 1.00 bits per heavy atom. The van der Waals surface area contributed by atoms with E-state index >= 15 is 0 Å². The van der Waals surface area contributed by atoms with Gasteiger partial charge >= 0.3 is 5.97 Å². The molecular formula is C15H29NO3. The lowest BCUT2D eigenvalue weighted by molar-refractivity contribution is -0.147. The molecule has 1 N–H and O–H groups in total. The van der Waals surface area contributed by atoms with Gasteiger partial charge in [-0.1, -0.05) is 46.0 Å². The number of amides is 1. The molecule has 0 aromatic carbocycles. The Bertz CT molecular complexity index is 254. The van der Waals surface area contributed by atoms with E-state index < -0.39 is 6.04 Å². The molecule has 0 radical (unpaired) electrons. The van der Waals surface area contributed by atoms with Crippen molar-refractivity contribution < 1.29 is 14.3 Å². The van der Waals surface area contributed by atoms with Crippen LogP contribution in [0, 0.1) is 0 Å². The van der Waals surface area contributed by atoms with Gasteiger partial charge in [0.15, 0.2) is 0 Å². The molecule has 0 heterocycles. The van der Waals surface area contributed by atoms with Crippen molar-refractivity contribution in [1.29, 1.82) is 0 Å². The third-order valence-electron chi connectivity index (χ3n) is 2.98. The van der Waals surface area contributed by atoms with Crippen molar-refractivity contribution in [3.63, 3.8) is 0 Å². The molecule has 0 saturated heterocycles. The molecule has 0 aliphatic rings. The Morgan fingerprint density at radius 3 is 2.26 bits per heavy atom. The fourth-order valence-corrected chi connectivity index (χ4v) is 1.70. The van der Waals surface area contributed by atoms with Gasteiger partial charge in [0.1, 0.15) is 6.04 Å². The summed E-state index contributed by atoms with van der Waals surface area (Å²) in [6, 6.07) is -0.542. The van der Waals surface area contributed by atoms with E-state index in [0.29, 0.717) is 13.0 Å². The minimum Gasteiger partial charge on any atom is -0.464 e. The van der Waals surface area contributed by atoms with Gasteiger partial charge in [-0.25, -0.2) is 4.79 Å². The minimum atomic E-state index is -0.542. The first kappa shape index (κ1) is 17.9. The summed E-state index contributed by atoms with van der Waals surface area (Å²) in [5, 5.41) is 2.68. The molecule has 4 nitrogen and oxygen atoms in total. The second kappa shape index (κ2) is 12.0. The van der Waals surface area contributed by atoms with Crippen LogP contribution in [0.4, 0.5) is 0 Å². The average Bonchev–Trinajstić information content (AvgIpc) is 2.38. The first-order valence-electron chi connectivity index (χ1n) is 7.57. The van der Waals surface area contributed by atoms with Crippen LogP contribution in [-0.2, 0) is 14.3 Å². The zero-order valence-corrected chi connectivity index (χ0v) is 12.7. The summed E-state index contributed by atoms with van der Waals surface area (Å²) in [6.07, 6.45) is 7.93. The van der Waals surface area contributed by atoms with Crippen LogP contribution in [0.15, 0.2) is 0 Å². The zero-order valence-electron chi connectivity index (χ0n) is 12.7. The molecule has 0 aromatic heterocycles. The van der Waals surface area contributed by atoms with Gasteiger partial charge in [-0.15, -0.1) is 0 Å². The van der Waals surface area contributed by atoms with E-state index in [1.54, 1.807) is 6.92 Å². The highest BCUT2D eigenvalue weighted by molar-refractivity contribution is 5.84. The average molecular weight is 271 g/mol. The van der Waals surface area contributed by atoms with Crippen LogP contribution in [0.3, 0.4) is 0 Å². The molecule has 0 saturated carbocycles. The second-order valence-electron chi connectivity index (χ2n) is 4.97. The standard InChI is InChI=1S/C15H29NO3/c1-4-6-8-9-10-11-14(17)16-13(3)15(18)19-12-7-5-2/h13H,4-12H2,1-3H3,(H,16,17)/t13-/m0/s1. The van der Waals surface area contributed by atoms with Gasteiger partial charge in [-0.3, -0.25) is 4.79 Å². The molecule has 4 heteroatoms. The first-order valence-corrected chi connectivity index (χ1v) is 7.57. The smallest absolute Gasteiger partial charge is 0.328 e. The van der Waals surface area contributed by atoms with Crippen LogP contribution in [0.5, 0.6) is 0 Å². The molecule has 112 valence electrons. The van der Waals surface area contributed by atoms with Crippen LogP contribution in [0.25, 0.3) is 0 Å². The number of carbonyl (C=O) groups is 2. The summed E-state index contributed by atoms with van der Waals surface area (Å²) in [7, 11) is 0. The summed E-state index contributed by atoms with van der Waals surface area (Å²) >= 11 is 0. The van der Waals surface area contributed by atoms with Gasteiger partial charge in [-0.2, -0.15) is 0 Å². The van der Waals surface area contributed by atoms with Gasteiger partial charge in [0, 0.05) is 6.42 Å². The van der Waals surface area contributed by atoms with Crippen molar-refractivity contribution in [2.45, 2.75) is 78.2 Å². The quantitative estimate of drug-likeness (QED) is 0.464. The fraction of sp³-hybridized carbons (Fsp3) is 0.867. The summed E-state index contributed by atoms with van der Waals surface area (Å²) < 4.78 is 5.05. The van der Waals surface area contributed by atoms with Crippen molar-refractivity contribution >= 4 is 11.9 Å². The number of nitrogens with one attached hydrogen (secondary N) is 1. The molecule has 0 bridgehead atoms. The molecule has 0 rings (SSSR count). The molecule has 0 aliphatic carbocycles. The second-order valence-corrected chi connectivity index (χ2v) is 4.97. The maximum absolute atomic E-state index is 11.6. The largest absolute Gasteiger partial charge is 0.464 e. The minimum absolute atomic E-state index is 0.0589. The van der Waals surface area contributed by atoms with Crippen molar-refractivity contribution in [3.8, 4) is 0 Å². The van der Waals surface area contributed by atoms with Crippen LogP contribution < -0.4 is 5.32 Å². The summed E-state index contributed by atoms with van der Waals surface area (Å²) in [5.41, 5.74) is 0. The van der Waals surface area contributed by atoms with Crippen molar-refractivity contribution in [2.75, 3.05) is 6.61 Å². The van der Waals surface area contributed by atoms with E-state index in [0.717, 1.165) is 25.7 Å². The summed E-state index contributed by atoms with van der Waals surface area (Å²) in [5.74, 6) is -0.399. The van der Waals surface area contributed by atoms with E-state index in [-0.39, 0.29) is 11.9 Å². The van der Waals surface area contributed by atoms with Gasteiger partial charge < -0.3 is 10.1 Å². The number of esters is 1. The Labute approximate surface area is 117 Å². The molecular weight excluding hydrogens is 242 g/mol. The SMILES string of the molecule is CCCCCCCC(=O)N[C@@H](C)C(=O)OCCCC. The highest BCUT2D eigenvalue weighted by Gasteiger charge is 2.16. The van der Waals surface area contributed by atoms with E-state index in [1.165, 1.54) is 19.3 Å². The third-order valence-corrected chi connectivity index (χ3v) is 2.98. The van der Waals surface area contributed by atoms with Gasteiger partial charge in [-0.05, 0) is 19.8 Å². The zero-order chi connectivity index (χ0) is 14.5. The highest BCUT2D eigenvalue weighted by atomic mass is 16.5. The molecule has 0 spiro atoms. The van der Waals surface area contributed by atoms with E-state index in [1.807, 2.05) is 6.92 Å². The van der Waals surface area contributed by atoms with Gasteiger partial charge in [0.25, 0.3) is 0 Å². The summed E-state index contributed by atoms with van der Waals surface area (Å²) in [4.78, 5) is 23.1. The normalized spacial score (nSPS) is 11.9. The molecule has 19 heavy (non-hydrogen) atoms. The fourth-order valence-electron chi connectivity index (χ4n) is 1.70.